The van der Waals surface area contributed by atoms with Gasteiger partial charge >= 0.3 is 0 Å². The first-order chi connectivity index (χ1) is 26.8. The number of pyridine rings is 1. The van der Waals surface area contributed by atoms with Crippen LogP contribution in [0.5, 0.6) is 5.75 Å². The Morgan fingerprint density at radius 3 is 2.14 bits per heavy atom. The van der Waals surface area contributed by atoms with Gasteiger partial charge in [-0.2, -0.15) is 10.2 Å². The molecule has 3 amide bonds. The van der Waals surface area contributed by atoms with E-state index >= 15 is 0 Å². The second-order valence-electron chi connectivity index (χ2n) is 12.3. The topological polar surface area (TPSA) is 290 Å². The number of fused-ring (bicyclic) bond motifs is 2. The minimum Gasteiger partial charge on any atom is -0.490 e. The molecule has 294 valence electrons. The second kappa shape index (κ2) is 17.4. The number of primary amides is 2. The molecule has 0 aliphatic rings. The van der Waals surface area contributed by atoms with E-state index < -0.39 is 17.7 Å². The maximum absolute atomic E-state index is 13.3. The molecular weight excluding hydrogens is 722 g/mol. The number of benzene rings is 1. The van der Waals surface area contributed by atoms with E-state index in [2.05, 4.69) is 35.8 Å². The Bertz CT molecular complexity index is 2450. The molecule has 0 unspecified atom stereocenters. The number of anilines is 3. The Morgan fingerprint density at radius 1 is 0.875 bits per heavy atom. The number of nitrogen functional groups attached to an aromatic ring is 1. The zero-order chi connectivity index (χ0) is 40.7. The van der Waals surface area contributed by atoms with Gasteiger partial charge in [-0.05, 0) is 52.0 Å². The van der Waals surface area contributed by atoms with Gasteiger partial charge in [-0.15, -0.1) is 0 Å². The third-order valence-corrected chi connectivity index (χ3v) is 8.59. The Labute approximate surface area is 320 Å². The summed E-state index contributed by atoms with van der Waals surface area (Å²) in [5.41, 5.74) is 27.5. The Kier molecular flexibility index (Phi) is 12.4. The largest absolute Gasteiger partial charge is 0.490 e. The highest BCUT2D eigenvalue weighted by Gasteiger charge is 2.20. The molecule has 5 heterocycles. The summed E-state index contributed by atoms with van der Waals surface area (Å²) in [6.45, 7) is 9.74. The van der Waals surface area contributed by atoms with Crippen molar-refractivity contribution in [3.05, 3.63) is 76.5 Å². The molecule has 6 rings (SSSR count). The van der Waals surface area contributed by atoms with Gasteiger partial charge < -0.3 is 37.6 Å². The molecule has 0 atom stereocenters. The fourth-order valence-electron chi connectivity index (χ4n) is 5.91. The number of hydrogen-bond acceptors (Lipinski definition) is 13. The maximum atomic E-state index is 13.3. The standard InChI is InChI=1S/C29H34N12O4.C7H11N3O/c1-4-41-21(11-16(2)38-41)27(44)37-29-36-20-13-18(25(32)43)15-34-26(20)40(29)9-6-5-8-39-23-19(35-28(39)33-3)12-17(24(31)42)14-22(23)45-10-7-30;1-3-10-6(4-11)7(8)5(2)9-10/h5-6,11-15H,4,7-10,30H2,1-3H3,(H2,31,42)(H2,32,43)(H,33,35)(H,36,37,44);4H,3,8H2,1-2H3/b6-5+;. The van der Waals surface area contributed by atoms with Crippen LogP contribution in [-0.2, 0) is 26.2 Å². The number of aromatic nitrogens is 9. The van der Waals surface area contributed by atoms with Crippen molar-refractivity contribution in [2.75, 3.05) is 36.6 Å². The van der Waals surface area contributed by atoms with Gasteiger partial charge in [0.1, 0.15) is 34.8 Å². The lowest BCUT2D eigenvalue weighted by molar-refractivity contribution is 0.0991. The van der Waals surface area contributed by atoms with Crippen molar-refractivity contribution in [1.82, 2.24) is 43.6 Å². The third-order valence-electron chi connectivity index (χ3n) is 8.59. The molecule has 6 aromatic rings. The summed E-state index contributed by atoms with van der Waals surface area (Å²) in [5.74, 6) is -0.435. The number of hydrogen-bond donors (Lipinski definition) is 6. The van der Waals surface area contributed by atoms with Gasteiger partial charge in [0.25, 0.3) is 5.91 Å². The Hall–Kier alpha value is -7.09. The summed E-state index contributed by atoms with van der Waals surface area (Å²) in [5, 5.41) is 14.3. The number of aryl methyl sites for hydroxylation is 4. The molecule has 0 saturated heterocycles. The number of rotatable bonds is 15. The van der Waals surface area contributed by atoms with Crippen LogP contribution in [0.2, 0.25) is 0 Å². The number of nitrogens with one attached hydrogen (secondary N) is 2. The molecule has 20 nitrogen and oxygen atoms in total. The third kappa shape index (κ3) is 8.34. The average molecular weight is 768 g/mol. The van der Waals surface area contributed by atoms with Gasteiger partial charge in [-0.3, -0.25) is 38.4 Å². The highest BCUT2D eigenvalue weighted by Crippen LogP contribution is 2.31. The summed E-state index contributed by atoms with van der Waals surface area (Å²) in [6.07, 6.45) is 5.89. The van der Waals surface area contributed by atoms with E-state index in [0.717, 1.165) is 6.29 Å². The van der Waals surface area contributed by atoms with Crippen LogP contribution in [0.3, 0.4) is 0 Å². The first kappa shape index (κ1) is 40.1. The summed E-state index contributed by atoms with van der Waals surface area (Å²) >= 11 is 0. The van der Waals surface area contributed by atoms with Crippen molar-refractivity contribution in [2.45, 2.75) is 53.9 Å². The summed E-state index contributed by atoms with van der Waals surface area (Å²) in [6, 6.07) is 6.41. The average Bonchev–Trinajstić information content (AvgIpc) is 3.92. The molecule has 0 aliphatic carbocycles. The summed E-state index contributed by atoms with van der Waals surface area (Å²) < 4.78 is 12.7. The number of aldehydes is 1. The van der Waals surface area contributed by atoms with Crippen molar-refractivity contribution < 1.29 is 23.9 Å². The predicted molar refractivity (Wildman–Crippen MR) is 211 cm³/mol. The van der Waals surface area contributed by atoms with E-state index in [-0.39, 0.29) is 36.8 Å². The van der Waals surface area contributed by atoms with Crippen LogP contribution in [0.25, 0.3) is 22.2 Å². The van der Waals surface area contributed by atoms with Gasteiger partial charge in [0.15, 0.2) is 11.9 Å². The lowest BCUT2D eigenvalue weighted by Gasteiger charge is -2.12. The summed E-state index contributed by atoms with van der Waals surface area (Å²) in [4.78, 5) is 61.0. The second-order valence-corrected chi connectivity index (χ2v) is 12.3. The van der Waals surface area contributed by atoms with Crippen LogP contribution in [0.1, 0.15) is 66.9 Å². The van der Waals surface area contributed by atoms with Crippen molar-refractivity contribution in [2.24, 2.45) is 17.2 Å². The van der Waals surface area contributed by atoms with Crippen molar-refractivity contribution in [3.8, 4) is 5.75 Å². The molecule has 0 radical (unpaired) electrons. The van der Waals surface area contributed by atoms with Gasteiger partial charge in [-0.25, -0.2) is 15.0 Å². The molecule has 1 aromatic carbocycles. The van der Waals surface area contributed by atoms with Gasteiger partial charge in [0.2, 0.25) is 23.7 Å². The first-order valence-corrected chi connectivity index (χ1v) is 17.6. The molecule has 20 heteroatoms. The zero-order valence-electron chi connectivity index (χ0n) is 31.7. The quantitative estimate of drug-likeness (QED) is 0.0645. The maximum Gasteiger partial charge on any atom is 0.276 e. The highest BCUT2D eigenvalue weighted by molar-refractivity contribution is 6.03. The molecular formula is C36H45N15O5. The van der Waals surface area contributed by atoms with E-state index in [1.165, 1.54) is 12.3 Å². The van der Waals surface area contributed by atoms with Crippen molar-refractivity contribution in [3.63, 3.8) is 0 Å². The molecule has 0 saturated carbocycles. The van der Waals surface area contributed by atoms with Crippen molar-refractivity contribution in [1.29, 1.82) is 0 Å². The van der Waals surface area contributed by atoms with E-state index in [1.54, 1.807) is 46.1 Å². The lowest BCUT2D eigenvalue weighted by Crippen LogP contribution is -2.20. The van der Waals surface area contributed by atoms with E-state index in [1.807, 2.05) is 37.5 Å². The van der Waals surface area contributed by atoms with E-state index in [0.29, 0.717) is 82.0 Å². The number of carbonyl (C=O) groups excluding carboxylic acids is 4. The molecule has 0 aliphatic heterocycles. The predicted octanol–water partition coefficient (Wildman–Crippen LogP) is 2.00. The van der Waals surface area contributed by atoms with Gasteiger partial charge in [-0.1, -0.05) is 12.2 Å². The highest BCUT2D eigenvalue weighted by atomic mass is 16.5. The van der Waals surface area contributed by atoms with E-state index in [9.17, 15) is 19.2 Å². The van der Waals surface area contributed by atoms with Crippen molar-refractivity contribution >= 4 is 63.8 Å². The number of ether oxygens (including phenoxy) is 1. The van der Waals surface area contributed by atoms with Crippen LogP contribution in [-0.4, -0.2) is 87.9 Å². The van der Waals surface area contributed by atoms with Crippen LogP contribution in [0, 0.1) is 13.8 Å². The minimum atomic E-state index is -0.641. The minimum absolute atomic E-state index is 0.194. The monoisotopic (exact) mass is 767 g/mol. The number of amides is 3. The first-order valence-electron chi connectivity index (χ1n) is 17.6. The van der Waals surface area contributed by atoms with Crippen LogP contribution in [0.15, 0.2) is 42.6 Å². The molecule has 56 heavy (non-hydrogen) atoms. The molecule has 5 aromatic heterocycles. The van der Waals surface area contributed by atoms with Gasteiger partial charge in [0.05, 0.1) is 28.2 Å². The lowest BCUT2D eigenvalue weighted by atomic mass is 10.1. The molecule has 0 bridgehead atoms. The number of allylic oxidation sites excluding steroid dienone is 2. The molecule has 0 fully saturated rings. The number of imidazole rings is 2. The van der Waals surface area contributed by atoms with Crippen LogP contribution < -0.4 is 38.3 Å². The smallest absolute Gasteiger partial charge is 0.276 e. The Morgan fingerprint density at radius 2 is 1.54 bits per heavy atom. The fraction of sp³-hybridized carbons (Fsp3) is 0.306. The van der Waals surface area contributed by atoms with Gasteiger partial charge in [0, 0.05) is 51.5 Å². The van der Waals surface area contributed by atoms with Crippen LogP contribution >= 0.6 is 0 Å². The Balaban J connectivity index is 0.000000470. The van der Waals surface area contributed by atoms with E-state index in [4.69, 9.17) is 27.7 Å². The molecule has 10 N–H and O–H groups in total. The summed E-state index contributed by atoms with van der Waals surface area (Å²) in [7, 11) is 1.74. The number of carbonyl (C=O) groups is 4. The zero-order valence-corrected chi connectivity index (χ0v) is 31.7. The number of nitrogens with zero attached hydrogens (tertiary/aromatic N) is 9. The number of nitrogens with two attached hydrogens (primary N) is 4. The normalized spacial score (nSPS) is 11.2. The molecule has 0 spiro atoms. The fourth-order valence-corrected chi connectivity index (χ4v) is 5.91. The SMILES string of the molecule is CCn1nc(C)c(N)c1C=O.CCn1nc(C)cc1C(=O)Nc1nc2cc(C(N)=O)cnc2n1C/C=C/Cn1c(NC)nc2cc(C(N)=O)cc(OCCN)c21. The van der Waals surface area contributed by atoms with Crippen LogP contribution in [0.4, 0.5) is 17.6 Å².